The standard InChI is InChI=1S/C15H28N6OS/c1-12(2)11-21-13(18-19-15(21)23-3)5-4-6-17-14(16)20-7-9-22-10-8-20/h12H,4-11H2,1-3H3,(H2,16,17). The Hall–Kier alpha value is -1.28. The number of hydrogen-bond acceptors (Lipinski definition) is 5. The topological polar surface area (TPSA) is 81.6 Å². The van der Waals surface area contributed by atoms with Crippen LogP contribution in [-0.2, 0) is 17.7 Å². The minimum atomic E-state index is 0.575. The van der Waals surface area contributed by atoms with E-state index in [0.717, 1.165) is 56.7 Å². The highest BCUT2D eigenvalue weighted by atomic mass is 32.2. The highest BCUT2D eigenvalue weighted by molar-refractivity contribution is 7.98. The molecule has 2 heterocycles. The maximum Gasteiger partial charge on any atom is 0.191 e. The van der Waals surface area contributed by atoms with Crippen LogP contribution in [0, 0.1) is 5.92 Å². The molecular formula is C15H28N6OS. The lowest BCUT2D eigenvalue weighted by atomic mass is 10.2. The fraction of sp³-hybridized carbons (Fsp3) is 0.800. The van der Waals surface area contributed by atoms with Crippen LogP contribution >= 0.6 is 11.8 Å². The normalized spacial score (nSPS) is 16.3. The van der Waals surface area contributed by atoms with E-state index in [4.69, 9.17) is 10.5 Å². The van der Waals surface area contributed by atoms with Gasteiger partial charge in [0.2, 0.25) is 0 Å². The number of hydrogen-bond donors (Lipinski definition) is 1. The van der Waals surface area contributed by atoms with E-state index in [2.05, 4.69) is 38.5 Å². The number of rotatable bonds is 7. The number of aliphatic imine (C=N–C) groups is 1. The first-order chi connectivity index (χ1) is 11.1. The van der Waals surface area contributed by atoms with E-state index in [1.165, 1.54) is 0 Å². The Morgan fingerprint density at radius 2 is 2.09 bits per heavy atom. The lowest BCUT2D eigenvalue weighted by Crippen LogP contribution is -2.44. The summed E-state index contributed by atoms with van der Waals surface area (Å²) in [5.74, 6) is 2.25. The lowest BCUT2D eigenvalue weighted by Gasteiger charge is -2.27. The van der Waals surface area contributed by atoms with Gasteiger partial charge < -0.3 is 19.9 Å². The fourth-order valence-corrected chi connectivity index (χ4v) is 3.05. The first-order valence-corrected chi connectivity index (χ1v) is 9.43. The Bertz CT molecular complexity index is 510. The molecule has 0 atom stereocenters. The molecule has 0 radical (unpaired) electrons. The molecule has 8 heteroatoms. The average molecular weight is 340 g/mol. The van der Waals surface area contributed by atoms with E-state index in [1.807, 2.05) is 6.26 Å². The van der Waals surface area contributed by atoms with Crippen molar-refractivity contribution in [2.45, 2.75) is 38.4 Å². The number of guanidine groups is 1. The lowest BCUT2D eigenvalue weighted by molar-refractivity contribution is 0.0674. The summed E-state index contributed by atoms with van der Waals surface area (Å²) < 4.78 is 7.55. The maximum absolute atomic E-state index is 6.03. The molecule has 1 fully saturated rings. The summed E-state index contributed by atoms with van der Waals surface area (Å²) in [7, 11) is 0. The summed E-state index contributed by atoms with van der Waals surface area (Å²) in [5, 5.41) is 9.59. The van der Waals surface area contributed by atoms with E-state index < -0.39 is 0 Å². The van der Waals surface area contributed by atoms with E-state index in [0.29, 0.717) is 18.4 Å². The molecule has 0 aromatic carbocycles. The van der Waals surface area contributed by atoms with E-state index in [-0.39, 0.29) is 0 Å². The second-order valence-corrected chi connectivity index (χ2v) is 6.82. The molecule has 1 aromatic rings. The third kappa shape index (κ3) is 5.39. The third-order valence-corrected chi connectivity index (χ3v) is 4.36. The van der Waals surface area contributed by atoms with Crippen molar-refractivity contribution in [1.29, 1.82) is 0 Å². The van der Waals surface area contributed by atoms with Crippen molar-refractivity contribution < 1.29 is 4.74 Å². The van der Waals surface area contributed by atoms with Crippen LogP contribution in [0.15, 0.2) is 10.1 Å². The predicted molar refractivity (Wildman–Crippen MR) is 93.8 cm³/mol. The molecule has 0 saturated carbocycles. The van der Waals surface area contributed by atoms with Crippen LogP contribution in [0.4, 0.5) is 0 Å². The minimum absolute atomic E-state index is 0.575. The van der Waals surface area contributed by atoms with Gasteiger partial charge in [-0.05, 0) is 18.6 Å². The van der Waals surface area contributed by atoms with Crippen LogP contribution in [0.25, 0.3) is 0 Å². The van der Waals surface area contributed by atoms with Crippen molar-refractivity contribution in [3.8, 4) is 0 Å². The smallest absolute Gasteiger partial charge is 0.191 e. The van der Waals surface area contributed by atoms with Gasteiger partial charge in [0.25, 0.3) is 0 Å². The summed E-state index contributed by atoms with van der Waals surface area (Å²) in [4.78, 5) is 6.56. The molecule has 1 saturated heterocycles. The Morgan fingerprint density at radius 3 is 2.74 bits per heavy atom. The molecule has 1 aliphatic heterocycles. The van der Waals surface area contributed by atoms with Crippen molar-refractivity contribution >= 4 is 17.7 Å². The summed E-state index contributed by atoms with van der Waals surface area (Å²) >= 11 is 1.64. The first kappa shape index (κ1) is 18.1. The quantitative estimate of drug-likeness (QED) is 0.348. The van der Waals surface area contributed by atoms with Crippen molar-refractivity contribution in [2.24, 2.45) is 16.6 Å². The molecule has 2 N–H and O–H groups in total. The second-order valence-electron chi connectivity index (χ2n) is 6.05. The number of thioether (sulfide) groups is 1. The molecule has 0 amide bonds. The van der Waals surface area contributed by atoms with Crippen LogP contribution in [-0.4, -0.2) is 64.7 Å². The monoisotopic (exact) mass is 340 g/mol. The van der Waals surface area contributed by atoms with Gasteiger partial charge >= 0.3 is 0 Å². The molecule has 130 valence electrons. The van der Waals surface area contributed by atoms with E-state index >= 15 is 0 Å². The number of nitrogens with zero attached hydrogens (tertiary/aromatic N) is 5. The van der Waals surface area contributed by atoms with Gasteiger partial charge in [0.05, 0.1) is 13.2 Å². The van der Waals surface area contributed by atoms with Gasteiger partial charge in [0.1, 0.15) is 5.82 Å². The molecule has 7 nitrogen and oxygen atoms in total. The highest BCUT2D eigenvalue weighted by Gasteiger charge is 2.13. The molecule has 23 heavy (non-hydrogen) atoms. The van der Waals surface area contributed by atoms with Crippen LogP contribution in [0.2, 0.25) is 0 Å². The molecule has 2 rings (SSSR count). The Balaban J connectivity index is 1.84. The molecule has 1 aliphatic rings. The van der Waals surface area contributed by atoms with Crippen LogP contribution < -0.4 is 5.73 Å². The molecular weight excluding hydrogens is 312 g/mol. The van der Waals surface area contributed by atoms with Gasteiger partial charge in [-0.2, -0.15) is 0 Å². The Morgan fingerprint density at radius 1 is 1.35 bits per heavy atom. The molecule has 0 bridgehead atoms. The Labute approximate surface area is 142 Å². The van der Waals surface area contributed by atoms with Crippen molar-refractivity contribution in [3.05, 3.63) is 5.82 Å². The summed E-state index contributed by atoms with van der Waals surface area (Å²) in [6.45, 7) is 9.20. The molecule has 0 aliphatic carbocycles. The largest absolute Gasteiger partial charge is 0.378 e. The van der Waals surface area contributed by atoms with E-state index in [9.17, 15) is 0 Å². The van der Waals surface area contributed by atoms with Crippen LogP contribution in [0.5, 0.6) is 0 Å². The number of ether oxygens (including phenoxy) is 1. The zero-order valence-corrected chi connectivity index (χ0v) is 15.2. The summed E-state index contributed by atoms with van der Waals surface area (Å²) in [6.07, 6.45) is 3.84. The van der Waals surface area contributed by atoms with Crippen molar-refractivity contribution in [2.75, 3.05) is 39.1 Å². The predicted octanol–water partition coefficient (Wildman–Crippen LogP) is 1.24. The second kappa shape index (κ2) is 9.12. The molecule has 0 unspecified atom stereocenters. The summed E-state index contributed by atoms with van der Waals surface area (Å²) in [6, 6.07) is 0. The Kier molecular flexibility index (Phi) is 7.16. The minimum Gasteiger partial charge on any atom is -0.378 e. The number of aromatic nitrogens is 3. The van der Waals surface area contributed by atoms with Gasteiger partial charge in [-0.1, -0.05) is 25.6 Å². The zero-order chi connectivity index (χ0) is 16.7. The number of aryl methyl sites for hydroxylation is 1. The number of nitrogens with two attached hydrogens (primary N) is 1. The maximum atomic E-state index is 6.03. The molecule has 1 aromatic heterocycles. The third-order valence-electron chi connectivity index (χ3n) is 3.69. The van der Waals surface area contributed by atoms with Gasteiger partial charge in [0, 0.05) is 32.6 Å². The van der Waals surface area contributed by atoms with Gasteiger partial charge in [-0.3, -0.25) is 4.99 Å². The van der Waals surface area contributed by atoms with Gasteiger partial charge in [-0.15, -0.1) is 10.2 Å². The highest BCUT2D eigenvalue weighted by Crippen LogP contribution is 2.16. The fourth-order valence-electron chi connectivity index (χ4n) is 2.53. The van der Waals surface area contributed by atoms with Gasteiger partial charge in [0.15, 0.2) is 11.1 Å². The van der Waals surface area contributed by atoms with Crippen molar-refractivity contribution in [1.82, 2.24) is 19.7 Å². The van der Waals surface area contributed by atoms with E-state index in [1.54, 1.807) is 11.8 Å². The number of morpholine rings is 1. The van der Waals surface area contributed by atoms with Gasteiger partial charge in [-0.25, -0.2) is 0 Å². The SMILES string of the molecule is CSc1nnc(CCCN=C(N)N2CCOCC2)n1CC(C)C. The van der Waals surface area contributed by atoms with Crippen LogP contribution in [0.3, 0.4) is 0 Å². The van der Waals surface area contributed by atoms with Crippen LogP contribution in [0.1, 0.15) is 26.1 Å². The average Bonchev–Trinajstić information content (AvgIpc) is 2.93. The van der Waals surface area contributed by atoms with Crippen molar-refractivity contribution in [3.63, 3.8) is 0 Å². The zero-order valence-electron chi connectivity index (χ0n) is 14.4. The summed E-state index contributed by atoms with van der Waals surface area (Å²) in [5.41, 5.74) is 6.03. The first-order valence-electron chi connectivity index (χ1n) is 8.20. The molecule has 0 spiro atoms.